The molecule has 0 aliphatic rings. The lowest BCUT2D eigenvalue weighted by Crippen LogP contribution is -2.21. The Morgan fingerprint density at radius 1 is 1.00 bits per heavy atom. The number of aromatic amines is 1. The minimum absolute atomic E-state index is 0.112. The number of carbonyl (C=O) groups excluding carboxylic acids is 1. The molecular weight excluding hydrogens is 388 g/mol. The Morgan fingerprint density at radius 3 is 2.29 bits per heavy atom. The zero-order chi connectivity index (χ0) is 22.0. The van der Waals surface area contributed by atoms with Crippen molar-refractivity contribution in [2.75, 3.05) is 30.8 Å². The van der Waals surface area contributed by atoms with Crippen LogP contribution in [0.4, 0.5) is 11.4 Å². The molecule has 0 saturated heterocycles. The van der Waals surface area contributed by atoms with Gasteiger partial charge >= 0.3 is 0 Å². The van der Waals surface area contributed by atoms with Gasteiger partial charge in [0, 0.05) is 35.5 Å². The molecule has 0 bridgehead atoms. The number of nitrogen functional groups attached to an aromatic ring is 1. The lowest BCUT2D eigenvalue weighted by atomic mass is 10.0. The normalized spacial score (nSPS) is 10.9. The zero-order valence-electron chi connectivity index (χ0n) is 18.0. The summed E-state index contributed by atoms with van der Waals surface area (Å²) in [6.07, 6.45) is 0. The number of nitrogens with zero attached hydrogens (tertiary/aromatic N) is 2. The van der Waals surface area contributed by atoms with E-state index in [1.54, 1.807) is 13.2 Å². The highest BCUT2D eigenvalue weighted by Crippen LogP contribution is 2.29. The van der Waals surface area contributed by atoms with Crippen molar-refractivity contribution >= 4 is 28.2 Å². The molecule has 0 aliphatic carbocycles. The van der Waals surface area contributed by atoms with Gasteiger partial charge in [-0.15, -0.1) is 0 Å². The number of hydrogen-bond acceptors (Lipinski definition) is 5. The highest BCUT2D eigenvalue weighted by atomic mass is 16.5. The standard InChI is InChI=1S/C25H26N4O2/c1-4-29(5-2)18-10-6-16(7-11-18)24(30)20-14-15-21-23(22(20)26)28-25(27-21)17-8-12-19(31-3)13-9-17/h6-15H,4-5,26H2,1-3H3,(H,27,28). The number of fused-ring (bicyclic) bond motifs is 1. The summed E-state index contributed by atoms with van der Waals surface area (Å²) in [5, 5.41) is 0. The van der Waals surface area contributed by atoms with E-state index in [1.165, 1.54) is 0 Å². The number of nitrogens with two attached hydrogens (primary N) is 1. The number of methoxy groups -OCH3 is 1. The number of ketones is 1. The molecule has 0 aliphatic heterocycles. The van der Waals surface area contributed by atoms with Gasteiger partial charge in [-0.3, -0.25) is 4.79 Å². The van der Waals surface area contributed by atoms with Gasteiger partial charge in [0.15, 0.2) is 5.78 Å². The second kappa shape index (κ2) is 8.52. The predicted molar refractivity (Wildman–Crippen MR) is 126 cm³/mol. The summed E-state index contributed by atoms with van der Waals surface area (Å²) in [5.74, 6) is 1.36. The van der Waals surface area contributed by atoms with E-state index < -0.39 is 0 Å². The number of nitrogens with one attached hydrogen (secondary N) is 1. The maximum absolute atomic E-state index is 13.1. The second-order valence-electron chi connectivity index (χ2n) is 7.29. The zero-order valence-corrected chi connectivity index (χ0v) is 18.0. The third-order valence-corrected chi connectivity index (χ3v) is 5.56. The molecule has 3 N–H and O–H groups in total. The number of hydrogen-bond donors (Lipinski definition) is 2. The van der Waals surface area contributed by atoms with E-state index in [-0.39, 0.29) is 5.78 Å². The summed E-state index contributed by atoms with van der Waals surface area (Å²) in [4.78, 5) is 23.3. The molecule has 1 aromatic heterocycles. The van der Waals surface area contributed by atoms with Crippen LogP contribution in [0, 0.1) is 0 Å². The molecule has 0 fully saturated rings. The first-order chi connectivity index (χ1) is 15.0. The second-order valence-corrected chi connectivity index (χ2v) is 7.29. The van der Waals surface area contributed by atoms with Crippen molar-refractivity contribution in [3.8, 4) is 17.1 Å². The Bertz CT molecular complexity index is 1210. The van der Waals surface area contributed by atoms with Gasteiger partial charge in [-0.2, -0.15) is 0 Å². The van der Waals surface area contributed by atoms with Gasteiger partial charge in [0.25, 0.3) is 0 Å². The van der Waals surface area contributed by atoms with E-state index in [0.29, 0.717) is 28.2 Å². The Kier molecular flexibility index (Phi) is 5.62. The van der Waals surface area contributed by atoms with E-state index in [4.69, 9.17) is 10.5 Å². The van der Waals surface area contributed by atoms with Crippen LogP contribution in [-0.4, -0.2) is 36.0 Å². The first kappa shape index (κ1) is 20.5. The minimum atomic E-state index is -0.112. The minimum Gasteiger partial charge on any atom is -0.497 e. The molecule has 4 aromatic rings. The Morgan fingerprint density at radius 2 is 1.68 bits per heavy atom. The van der Waals surface area contributed by atoms with Crippen molar-refractivity contribution in [1.29, 1.82) is 0 Å². The van der Waals surface area contributed by atoms with Crippen LogP contribution in [0.15, 0.2) is 60.7 Å². The molecule has 0 atom stereocenters. The SMILES string of the molecule is CCN(CC)c1ccc(C(=O)c2ccc3[nH]c(-c4ccc(OC)cc4)nc3c2N)cc1. The monoisotopic (exact) mass is 414 g/mol. The number of rotatable bonds is 7. The fourth-order valence-electron chi connectivity index (χ4n) is 3.75. The molecule has 4 rings (SSSR count). The van der Waals surface area contributed by atoms with Crippen LogP contribution in [0.3, 0.4) is 0 Å². The van der Waals surface area contributed by atoms with Crippen LogP contribution < -0.4 is 15.4 Å². The average Bonchev–Trinajstić information content (AvgIpc) is 3.26. The fourth-order valence-corrected chi connectivity index (χ4v) is 3.75. The Balaban J connectivity index is 1.66. The van der Waals surface area contributed by atoms with Crippen LogP contribution in [0.5, 0.6) is 5.75 Å². The van der Waals surface area contributed by atoms with Crippen LogP contribution in [0.1, 0.15) is 29.8 Å². The maximum atomic E-state index is 13.1. The number of carbonyl (C=O) groups is 1. The van der Waals surface area contributed by atoms with Gasteiger partial charge in [0.2, 0.25) is 0 Å². The van der Waals surface area contributed by atoms with E-state index in [2.05, 4.69) is 28.7 Å². The Labute approximate surface area is 181 Å². The third-order valence-electron chi connectivity index (χ3n) is 5.56. The molecule has 0 unspecified atom stereocenters. The molecule has 158 valence electrons. The lowest BCUT2D eigenvalue weighted by Gasteiger charge is -2.21. The van der Waals surface area contributed by atoms with Crippen molar-refractivity contribution in [3.63, 3.8) is 0 Å². The third kappa shape index (κ3) is 3.84. The molecule has 1 heterocycles. The van der Waals surface area contributed by atoms with Crippen LogP contribution in [0.2, 0.25) is 0 Å². The number of anilines is 2. The first-order valence-electron chi connectivity index (χ1n) is 10.4. The molecule has 0 radical (unpaired) electrons. The van der Waals surface area contributed by atoms with Crippen LogP contribution in [0.25, 0.3) is 22.4 Å². The molecule has 0 spiro atoms. The van der Waals surface area contributed by atoms with Crippen molar-refractivity contribution in [2.45, 2.75) is 13.8 Å². The van der Waals surface area contributed by atoms with Gasteiger partial charge in [-0.25, -0.2) is 4.98 Å². The highest BCUT2D eigenvalue weighted by molar-refractivity contribution is 6.15. The maximum Gasteiger partial charge on any atom is 0.195 e. The lowest BCUT2D eigenvalue weighted by molar-refractivity contribution is 0.103. The summed E-state index contributed by atoms with van der Waals surface area (Å²) in [6.45, 7) is 6.07. The number of imidazole rings is 1. The molecule has 31 heavy (non-hydrogen) atoms. The largest absolute Gasteiger partial charge is 0.497 e. The molecule has 0 saturated carbocycles. The number of ether oxygens (including phenoxy) is 1. The first-order valence-corrected chi connectivity index (χ1v) is 10.4. The smallest absolute Gasteiger partial charge is 0.195 e. The summed E-state index contributed by atoms with van der Waals surface area (Å²) in [7, 11) is 1.63. The molecule has 3 aromatic carbocycles. The molecule has 6 nitrogen and oxygen atoms in total. The van der Waals surface area contributed by atoms with E-state index in [9.17, 15) is 4.79 Å². The fraction of sp³-hybridized carbons (Fsp3) is 0.200. The van der Waals surface area contributed by atoms with Crippen LogP contribution in [-0.2, 0) is 0 Å². The van der Waals surface area contributed by atoms with Crippen molar-refractivity contribution < 1.29 is 9.53 Å². The summed E-state index contributed by atoms with van der Waals surface area (Å²) in [5.41, 5.74) is 11.2. The van der Waals surface area contributed by atoms with E-state index in [0.717, 1.165) is 35.6 Å². The quantitative estimate of drug-likeness (QED) is 0.332. The Hall–Kier alpha value is -3.80. The van der Waals surface area contributed by atoms with Gasteiger partial charge in [0.05, 0.1) is 18.3 Å². The molecule has 0 amide bonds. The summed E-state index contributed by atoms with van der Waals surface area (Å²) < 4.78 is 5.21. The number of benzene rings is 3. The summed E-state index contributed by atoms with van der Waals surface area (Å²) >= 11 is 0. The number of H-pyrrole nitrogens is 1. The average molecular weight is 415 g/mol. The number of aromatic nitrogens is 2. The summed E-state index contributed by atoms with van der Waals surface area (Å²) in [6, 6.07) is 18.9. The van der Waals surface area contributed by atoms with Crippen molar-refractivity contribution in [3.05, 3.63) is 71.8 Å². The van der Waals surface area contributed by atoms with Crippen LogP contribution >= 0.6 is 0 Å². The van der Waals surface area contributed by atoms with Crippen molar-refractivity contribution in [1.82, 2.24) is 9.97 Å². The predicted octanol–water partition coefficient (Wildman–Crippen LogP) is 4.90. The van der Waals surface area contributed by atoms with Gasteiger partial charge < -0.3 is 20.4 Å². The molecule has 6 heteroatoms. The van der Waals surface area contributed by atoms with E-state index in [1.807, 2.05) is 54.6 Å². The van der Waals surface area contributed by atoms with Gasteiger partial charge in [-0.05, 0) is 74.5 Å². The molecular formula is C25H26N4O2. The topological polar surface area (TPSA) is 84.2 Å². The van der Waals surface area contributed by atoms with E-state index >= 15 is 0 Å². The van der Waals surface area contributed by atoms with Crippen molar-refractivity contribution in [2.24, 2.45) is 0 Å². The van der Waals surface area contributed by atoms with Gasteiger partial charge in [-0.1, -0.05) is 0 Å². The van der Waals surface area contributed by atoms with Gasteiger partial charge in [0.1, 0.15) is 17.1 Å². The highest BCUT2D eigenvalue weighted by Gasteiger charge is 2.17.